The highest BCUT2D eigenvalue weighted by Gasteiger charge is 2.29. The molecule has 1 amide bonds. The Bertz CT molecular complexity index is 671. The molecule has 2 N–H and O–H groups in total. The summed E-state index contributed by atoms with van der Waals surface area (Å²) in [6.45, 7) is 1.40. The van der Waals surface area contributed by atoms with Crippen LogP contribution in [0.15, 0.2) is 48.5 Å². The van der Waals surface area contributed by atoms with Crippen molar-refractivity contribution in [2.75, 3.05) is 0 Å². The third kappa shape index (κ3) is 3.09. The minimum absolute atomic E-state index is 0.265. The molecule has 108 valence electrons. The van der Waals surface area contributed by atoms with Crippen LogP contribution in [0.5, 0.6) is 0 Å². The molecule has 2 aromatic rings. The van der Waals surface area contributed by atoms with Crippen molar-refractivity contribution < 1.29 is 4.79 Å². The van der Waals surface area contributed by atoms with E-state index in [9.17, 15) is 4.79 Å². The maximum Gasteiger partial charge on any atom is 0.235 e. The second-order valence-corrected chi connectivity index (χ2v) is 5.86. The number of rotatable bonds is 3. The predicted molar refractivity (Wildman–Crippen MR) is 83.8 cm³/mol. The van der Waals surface area contributed by atoms with Crippen molar-refractivity contribution >= 4 is 17.5 Å². The molecule has 1 aliphatic rings. The van der Waals surface area contributed by atoms with Gasteiger partial charge in [0.05, 0.1) is 6.04 Å². The van der Waals surface area contributed by atoms with E-state index in [1.807, 2.05) is 36.4 Å². The second kappa shape index (κ2) is 5.88. The maximum absolute atomic E-state index is 11.8. The maximum atomic E-state index is 11.8. The van der Waals surface area contributed by atoms with Crippen LogP contribution in [0.4, 0.5) is 0 Å². The lowest BCUT2D eigenvalue weighted by Gasteiger charge is -2.35. The summed E-state index contributed by atoms with van der Waals surface area (Å²) in [6.07, 6.45) is 0.673. The minimum Gasteiger partial charge on any atom is -0.368 e. The van der Waals surface area contributed by atoms with Gasteiger partial charge < -0.3 is 5.73 Å². The van der Waals surface area contributed by atoms with Crippen LogP contribution in [0.25, 0.3) is 0 Å². The molecular weight excluding hydrogens is 284 g/mol. The Morgan fingerprint density at radius 3 is 2.67 bits per heavy atom. The summed E-state index contributed by atoms with van der Waals surface area (Å²) in [6, 6.07) is 15.7. The van der Waals surface area contributed by atoms with Crippen LogP contribution in [0, 0.1) is 0 Å². The zero-order valence-electron chi connectivity index (χ0n) is 11.6. The van der Waals surface area contributed by atoms with E-state index in [2.05, 4.69) is 17.0 Å². The van der Waals surface area contributed by atoms with E-state index < -0.39 is 0 Å². The molecule has 1 atom stereocenters. The highest BCUT2D eigenvalue weighted by Crippen LogP contribution is 2.25. The van der Waals surface area contributed by atoms with Crippen molar-refractivity contribution in [3.8, 4) is 0 Å². The molecule has 0 aromatic heterocycles. The van der Waals surface area contributed by atoms with Gasteiger partial charge >= 0.3 is 0 Å². The Morgan fingerprint density at radius 1 is 1.19 bits per heavy atom. The average Bonchev–Trinajstić information content (AvgIpc) is 2.46. The van der Waals surface area contributed by atoms with E-state index in [1.54, 1.807) is 0 Å². The summed E-state index contributed by atoms with van der Waals surface area (Å²) in [5, 5.41) is 0.709. The number of nitrogens with zero attached hydrogens (tertiary/aromatic N) is 1. The topological polar surface area (TPSA) is 46.3 Å². The first-order chi connectivity index (χ1) is 10.1. The fourth-order valence-electron chi connectivity index (χ4n) is 2.89. The third-order valence-corrected chi connectivity index (χ3v) is 4.18. The fourth-order valence-corrected chi connectivity index (χ4v) is 3.11. The number of hydrogen-bond donors (Lipinski definition) is 1. The zero-order valence-corrected chi connectivity index (χ0v) is 12.4. The number of hydrogen-bond acceptors (Lipinski definition) is 2. The summed E-state index contributed by atoms with van der Waals surface area (Å²) in [7, 11) is 0. The van der Waals surface area contributed by atoms with Crippen molar-refractivity contribution in [2.24, 2.45) is 5.73 Å². The Kier molecular flexibility index (Phi) is 3.95. The van der Waals surface area contributed by atoms with Gasteiger partial charge in [0.2, 0.25) is 5.91 Å². The second-order valence-electron chi connectivity index (χ2n) is 5.43. The van der Waals surface area contributed by atoms with Crippen LogP contribution >= 0.6 is 11.6 Å². The fraction of sp³-hybridized carbons (Fsp3) is 0.235. The number of benzene rings is 2. The van der Waals surface area contributed by atoms with Gasteiger partial charge in [-0.15, -0.1) is 0 Å². The SMILES string of the molecule is NC(=O)[C@@H]1Cc2ccccc2CN1Cc1cccc(Cl)c1. The summed E-state index contributed by atoms with van der Waals surface area (Å²) in [5.74, 6) is -0.272. The number of nitrogens with two attached hydrogens (primary N) is 1. The summed E-state index contributed by atoms with van der Waals surface area (Å²) in [4.78, 5) is 13.9. The van der Waals surface area contributed by atoms with Gasteiger partial charge in [0.15, 0.2) is 0 Å². The molecule has 2 aromatic carbocycles. The summed E-state index contributed by atoms with van der Waals surface area (Å²) >= 11 is 6.03. The molecule has 4 heteroatoms. The molecule has 1 aliphatic heterocycles. The van der Waals surface area contributed by atoms with Crippen molar-refractivity contribution in [3.05, 3.63) is 70.2 Å². The van der Waals surface area contributed by atoms with E-state index in [1.165, 1.54) is 11.1 Å². The number of primary amides is 1. The molecule has 1 heterocycles. The Hall–Kier alpha value is -1.84. The molecule has 0 saturated carbocycles. The van der Waals surface area contributed by atoms with E-state index >= 15 is 0 Å². The number of carbonyl (C=O) groups excluding carboxylic acids is 1. The van der Waals surface area contributed by atoms with Gasteiger partial charge in [-0.05, 0) is 35.2 Å². The molecule has 21 heavy (non-hydrogen) atoms. The lowest BCUT2D eigenvalue weighted by molar-refractivity contribution is -0.124. The smallest absolute Gasteiger partial charge is 0.235 e. The van der Waals surface area contributed by atoms with Crippen LogP contribution in [-0.2, 0) is 24.3 Å². The van der Waals surface area contributed by atoms with Crippen LogP contribution in [0.3, 0.4) is 0 Å². The van der Waals surface area contributed by atoms with E-state index in [0.717, 1.165) is 12.1 Å². The molecule has 0 bridgehead atoms. The highest BCUT2D eigenvalue weighted by molar-refractivity contribution is 6.30. The standard InChI is InChI=1S/C17H17ClN2O/c18-15-7-3-4-12(8-15)10-20-11-14-6-2-1-5-13(14)9-16(20)17(19)21/h1-8,16H,9-11H2,(H2,19,21)/t16-/m0/s1. The quantitative estimate of drug-likeness (QED) is 0.947. The molecule has 0 aliphatic carbocycles. The molecule has 3 nitrogen and oxygen atoms in total. The van der Waals surface area contributed by atoms with Crippen molar-refractivity contribution in [2.45, 2.75) is 25.6 Å². The first-order valence-electron chi connectivity index (χ1n) is 6.98. The Morgan fingerprint density at radius 2 is 1.95 bits per heavy atom. The lowest BCUT2D eigenvalue weighted by Crippen LogP contribution is -2.48. The van der Waals surface area contributed by atoms with E-state index in [4.69, 9.17) is 17.3 Å². The minimum atomic E-state index is -0.272. The molecule has 0 unspecified atom stereocenters. The number of amides is 1. The van der Waals surface area contributed by atoms with Crippen molar-refractivity contribution in [1.29, 1.82) is 0 Å². The van der Waals surface area contributed by atoms with Crippen LogP contribution in [-0.4, -0.2) is 16.8 Å². The van der Waals surface area contributed by atoms with Gasteiger partial charge in [-0.2, -0.15) is 0 Å². The van der Waals surface area contributed by atoms with Crippen LogP contribution in [0.2, 0.25) is 5.02 Å². The first kappa shape index (κ1) is 14.1. The molecule has 0 spiro atoms. The summed E-state index contributed by atoms with van der Waals surface area (Å²) in [5.41, 5.74) is 9.16. The predicted octanol–water partition coefficient (Wildman–Crippen LogP) is 2.75. The van der Waals surface area contributed by atoms with E-state index in [0.29, 0.717) is 18.0 Å². The average molecular weight is 301 g/mol. The molecule has 0 fully saturated rings. The number of carbonyl (C=O) groups is 1. The molecule has 0 radical (unpaired) electrons. The third-order valence-electron chi connectivity index (χ3n) is 3.95. The zero-order chi connectivity index (χ0) is 14.8. The van der Waals surface area contributed by atoms with Crippen molar-refractivity contribution in [1.82, 2.24) is 4.90 Å². The number of fused-ring (bicyclic) bond motifs is 1. The van der Waals surface area contributed by atoms with Gasteiger partial charge in [-0.25, -0.2) is 0 Å². The summed E-state index contributed by atoms with van der Waals surface area (Å²) < 4.78 is 0. The Balaban J connectivity index is 1.87. The van der Waals surface area contributed by atoms with Crippen molar-refractivity contribution in [3.63, 3.8) is 0 Å². The first-order valence-corrected chi connectivity index (χ1v) is 7.36. The molecule has 3 rings (SSSR count). The van der Waals surface area contributed by atoms with Gasteiger partial charge in [-0.3, -0.25) is 9.69 Å². The normalized spacial score (nSPS) is 18.2. The lowest BCUT2D eigenvalue weighted by atomic mass is 9.93. The number of halogens is 1. The van der Waals surface area contributed by atoms with Gasteiger partial charge in [-0.1, -0.05) is 48.0 Å². The van der Waals surface area contributed by atoms with Gasteiger partial charge in [0, 0.05) is 18.1 Å². The van der Waals surface area contributed by atoms with Crippen LogP contribution < -0.4 is 5.73 Å². The monoisotopic (exact) mass is 300 g/mol. The van der Waals surface area contributed by atoms with Crippen LogP contribution in [0.1, 0.15) is 16.7 Å². The highest BCUT2D eigenvalue weighted by atomic mass is 35.5. The van der Waals surface area contributed by atoms with Gasteiger partial charge in [0.1, 0.15) is 0 Å². The largest absolute Gasteiger partial charge is 0.368 e. The molecule has 0 saturated heterocycles. The Labute approximate surface area is 129 Å². The van der Waals surface area contributed by atoms with E-state index in [-0.39, 0.29) is 11.9 Å². The molecular formula is C17H17ClN2O. The van der Waals surface area contributed by atoms with Gasteiger partial charge in [0.25, 0.3) is 0 Å².